The fourth-order valence-electron chi connectivity index (χ4n) is 6.31. The summed E-state index contributed by atoms with van der Waals surface area (Å²) in [5.74, 6) is 0. The molecule has 0 saturated carbocycles. The van der Waals surface area contributed by atoms with Crippen molar-refractivity contribution in [3.63, 3.8) is 0 Å². The van der Waals surface area contributed by atoms with Gasteiger partial charge in [-0.25, -0.2) is 0 Å². The maximum atomic E-state index is 11.3. The number of unbranched alkanes of at least 4 members (excludes halogenated alkanes) is 10. The monoisotopic (exact) mass is 646 g/mol. The van der Waals surface area contributed by atoms with Gasteiger partial charge in [0, 0.05) is 0 Å². The van der Waals surface area contributed by atoms with Crippen LogP contribution in [0.2, 0.25) is 0 Å². The van der Waals surface area contributed by atoms with Crippen molar-refractivity contribution in [1.29, 1.82) is 0 Å². The normalized spacial score (nSPS) is 11.9. The Morgan fingerprint density at radius 1 is 0.489 bits per heavy atom. The van der Waals surface area contributed by atoms with Crippen molar-refractivity contribution in [3.8, 4) is 0 Å². The Morgan fingerprint density at radius 2 is 0.867 bits per heavy atom. The molecule has 0 bridgehead atoms. The summed E-state index contributed by atoms with van der Waals surface area (Å²) in [5, 5.41) is 4.56. The van der Waals surface area contributed by atoms with Crippen LogP contribution in [0.4, 0.5) is 0 Å². The van der Waals surface area contributed by atoms with Crippen molar-refractivity contribution in [3.05, 3.63) is 121 Å². The molecule has 4 aromatic carbocycles. The number of hydrogen-bond donors (Lipinski definition) is 1. The predicted molar refractivity (Wildman–Crippen MR) is 198 cm³/mol. The zero-order valence-electron chi connectivity index (χ0n) is 27.5. The van der Waals surface area contributed by atoms with Crippen LogP contribution in [0.25, 0.3) is 0 Å². The van der Waals surface area contributed by atoms with E-state index in [1.807, 2.05) is 6.07 Å². The van der Waals surface area contributed by atoms with Crippen LogP contribution in [0.3, 0.4) is 0 Å². The van der Waals surface area contributed by atoms with E-state index in [0.717, 1.165) is 18.4 Å². The van der Waals surface area contributed by atoms with E-state index in [1.165, 1.54) is 92.4 Å². The Kier molecular flexibility index (Phi) is 16.6. The van der Waals surface area contributed by atoms with Gasteiger partial charge in [0.15, 0.2) is 0 Å². The fraction of sp³-hybridized carbons (Fsp3) is 0.400. The van der Waals surface area contributed by atoms with Crippen LogP contribution in [-0.4, -0.2) is 19.1 Å². The minimum atomic E-state index is -4.10. The van der Waals surface area contributed by atoms with Crippen LogP contribution in [0.15, 0.2) is 120 Å². The third kappa shape index (κ3) is 11.8. The van der Waals surface area contributed by atoms with Crippen LogP contribution < -0.4 is 15.9 Å². The number of aryl methyl sites for hydroxylation is 1. The quantitative estimate of drug-likeness (QED) is 0.0665. The Bertz CT molecular complexity index is 1340. The number of benzene rings is 4. The number of rotatable bonds is 18. The van der Waals surface area contributed by atoms with E-state index < -0.39 is 17.4 Å². The molecule has 0 aromatic heterocycles. The summed E-state index contributed by atoms with van der Waals surface area (Å²) < 4.78 is 31.8. The van der Waals surface area contributed by atoms with E-state index in [0.29, 0.717) is 6.42 Å². The van der Waals surface area contributed by atoms with E-state index in [4.69, 9.17) is 0 Å². The Hall–Kier alpha value is -2.78. The molecule has 45 heavy (non-hydrogen) atoms. The maximum absolute atomic E-state index is 11.3. The Labute approximate surface area is 274 Å². The summed E-state index contributed by atoms with van der Waals surface area (Å²) >= 11 is 0. The van der Waals surface area contributed by atoms with E-state index in [-0.39, 0.29) is 4.90 Å². The Balaban J connectivity index is 0.000000246. The van der Waals surface area contributed by atoms with E-state index in [2.05, 4.69) is 105 Å². The van der Waals surface area contributed by atoms with Gasteiger partial charge in [0.25, 0.3) is 10.1 Å². The molecule has 0 aliphatic rings. The average molecular weight is 647 g/mol. The molecule has 0 radical (unpaired) electrons. The summed E-state index contributed by atoms with van der Waals surface area (Å²) in [6, 6.07) is 40.2. The van der Waals surface area contributed by atoms with Gasteiger partial charge >= 0.3 is 140 Å². The van der Waals surface area contributed by atoms with E-state index in [1.54, 1.807) is 12.1 Å². The van der Waals surface area contributed by atoms with E-state index >= 15 is 0 Å². The van der Waals surface area contributed by atoms with Gasteiger partial charge in [-0.2, -0.15) is 8.42 Å². The number of hydrogen-bond acceptors (Lipinski definition) is 2. The van der Waals surface area contributed by atoms with Crippen LogP contribution >= 0.6 is 7.26 Å². The van der Waals surface area contributed by atoms with E-state index in [9.17, 15) is 13.0 Å². The SMILES string of the molecule is CCCCCCCCCCCCc1ccccc1S(=O)(=O)O.CCCC[PH](c1ccccc1)(c1ccccc1)c1ccccc1. The molecule has 0 saturated heterocycles. The summed E-state index contributed by atoms with van der Waals surface area (Å²) in [4.78, 5) is 0.0610. The molecule has 0 unspecified atom stereocenters. The molecule has 4 aromatic rings. The summed E-state index contributed by atoms with van der Waals surface area (Å²) in [7, 11) is -6.04. The van der Waals surface area contributed by atoms with Crippen LogP contribution in [0.5, 0.6) is 0 Å². The van der Waals surface area contributed by atoms with Gasteiger partial charge in [-0.15, -0.1) is 0 Å². The third-order valence-corrected chi connectivity index (χ3v) is 14.8. The average Bonchev–Trinajstić information content (AvgIpc) is 3.07. The molecule has 3 nitrogen and oxygen atoms in total. The fourth-order valence-corrected chi connectivity index (χ4v) is 12.1. The molecule has 0 aliphatic heterocycles. The molecule has 4 rings (SSSR count). The van der Waals surface area contributed by atoms with Crippen molar-refractivity contribution in [2.24, 2.45) is 0 Å². The first-order valence-electron chi connectivity index (χ1n) is 17.2. The molecule has 0 atom stereocenters. The van der Waals surface area contributed by atoms with Gasteiger partial charge in [0.1, 0.15) is 0 Å². The molecule has 244 valence electrons. The summed E-state index contributed by atoms with van der Waals surface area (Å²) in [5.41, 5.74) is 0.726. The van der Waals surface area contributed by atoms with Gasteiger partial charge in [0.2, 0.25) is 0 Å². The molecule has 1 N–H and O–H groups in total. The summed E-state index contributed by atoms with van der Waals surface area (Å²) in [6.07, 6.45) is 17.1. The second-order valence-electron chi connectivity index (χ2n) is 12.1. The van der Waals surface area contributed by atoms with Gasteiger partial charge in [-0.1, -0.05) is 82.9 Å². The van der Waals surface area contributed by atoms with Crippen LogP contribution in [-0.2, 0) is 16.5 Å². The van der Waals surface area contributed by atoms with Crippen LogP contribution in [0.1, 0.15) is 96.5 Å². The minimum absolute atomic E-state index is 0.0610. The van der Waals surface area contributed by atoms with Crippen molar-refractivity contribution in [2.45, 2.75) is 102 Å². The van der Waals surface area contributed by atoms with Crippen molar-refractivity contribution < 1.29 is 13.0 Å². The standard InChI is InChI=1S/C22H25P.C18H30O3S/c1-2-3-19-23(20-13-7-4-8-14-20,21-15-9-5-10-16-21)22-17-11-6-12-18-22;1-2-3-4-5-6-7-8-9-10-11-14-17-15-12-13-16-18(17)22(19,20)21/h4-18,23H,2-3,19H2,1H3;12-13,15-16H,2-11,14H2,1H3,(H,19,20,21). The summed E-state index contributed by atoms with van der Waals surface area (Å²) in [6.45, 7) is 4.53. The van der Waals surface area contributed by atoms with Crippen molar-refractivity contribution in [1.82, 2.24) is 0 Å². The second kappa shape index (κ2) is 20.4. The second-order valence-corrected chi connectivity index (χ2v) is 17.6. The zero-order chi connectivity index (χ0) is 32.2. The first kappa shape index (κ1) is 36.7. The molecule has 5 heteroatoms. The molecule has 0 amide bonds. The van der Waals surface area contributed by atoms with Gasteiger partial charge < -0.3 is 0 Å². The molecule has 0 fully saturated rings. The van der Waals surface area contributed by atoms with Crippen molar-refractivity contribution in [2.75, 3.05) is 6.16 Å². The molecular weight excluding hydrogens is 591 g/mol. The third-order valence-electron chi connectivity index (χ3n) is 8.76. The van der Waals surface area contributed by atoms with Gasteiger partial charge in [-0.3, -0.25) is 4.55 Å². The topological polar surface area (TPSA) is 54.4 Å². The first-order valence-corrected chi connectivity index (χ1v) is 20.8. The van der Waals surface area contributed by atoms with Gasteiger partial charge in [0.05, 0.1) is 4.90 Å². The molecule has 0 heterocycles. The molecule has 0 aliphatic carbocycles. The van der Waals surface area contributed by atoms with Crippen LogP contribution in [0, 0.1) is 0 Å². The first-order chi connectivity index (χ1) is 21.9. The predicted octanol–water partition coefficient (Wildman–Crippen LogP) is 9.91. The molecule has 0 spiro atoms. The van der Waals surface area contributed by atoms with Crippen molar-refractivity contribution >= 4 is 33.3 Å². The van der Waals surface area contributed by atoms with Gasteiger partial charge in [-0.05, 0) is 24.5 Å². The Morgan fingerprint density at radius 3 is 1.29 bits per heavy atom. The zero-order valence-corrected chi connectivity index (χ0v) is 29.4. The molecular formula is C40H55O3PS.